The molecule has 0 unspecified atom stereocenters. The van der Waals surface area contributed by atoms with E-state index in [0.29, 0.717) is 0 Å². The van der Waals surface area contributed by atoms with E-state index >= 15 is 0 Å². The summed E-state index contributed by atoms with van der Waals surface area (Å²) in [7, 11) is 0. The Hall–Kier alpha value is -2.42. The number of aliphatic imine (C=N–C) groups is 1. The van der Waals surface area contributed by atoms with Gasteiger partial charge in [-0.2, -0.15) is 0 Å². The molecule has 1 aliphatic rings. The highest BCUT2D eigenvalue weighted by molar-refractivity contribution is 6.17. The minimum Gasteiger partial charge on any atom is -0.346 e. The minimum absolute atomic E-state index is 0.992. The van der Waals surface area contributed by atoms with Gasteiger partial charge in [-0.1, -0.05) is 12.1 Å². The lowest BCUT2D eigenvalue weighted by molar-refractivity contribution is 1.41. The molecule has 0 radical (unpaired) electrons. The second kappa shape index (κ2) is 3.04. The molecule has 0 spiro atoms. The Morgan fingerprint density at radius 1 is 1.06 bits per heavy atom. The third kappa shape index (κ3) is 1.11. The maximum atomic E-state index is 4.46. The van der Waals surface area contributed by atoms with Crippen LogP contribution < -0.4 is 5.32 Å². The van der Waals surface area contributed by atoms with Crippen LogP contribution in [-0.4, -0.2) is 11.3 Å². The Bertz CT molecular complexity index is 775. The Morgan fingerprint density at radius 2 is 2.06 bits per heavy atom. The van der Waals surface area contributed by atoms with Crippen LogP contribution in [0.4, 0.5) is 11.4 Å². The number of nitrogens with zero attached hydrogens (tertiary/aromatic N) is 2. The molecule has 2 heterocycles. The van der Waals surface area contributed by atoms with Gasteiger partial charge in [0.25, 0.3) is 0 Å². The van der Waals surface area contributed by atoms with Crippen LogP contribution in [0.15, 0.2) is 47.6 Å². The van der Waals surface area contributed by atoms with Crippen molar-refractivity contribution in [2.75, 3.05) is 5.32 Å². The van der Waals surface area contributed by atoms with Crippen LogP contribution in [0, 0.1) is 0 Å². The van der Waals surface area contributed by atoms with Gasteiger partial charge in [-0.3, -0.25) is 4.98 Å². The molecule has 1 aromatic heterocycles. The number of hydrogen-bond acceptors (Lipinski definition) is 3. The van der Waals surface area contributed by atoms with E-state index in [0.717, 1.165) is 22.3 Å². The average Bonchev–Trinajstić information content (AvgIpc) is 2.39. The van der Waals surface area contributed by atoms with Gasteiger partial charge in [0.2, 0.25) is 0 Å². The molecule has 0 atom stereocenters. The van der Waals surface area contributed by atoms with Gasteiger partial charge < -0.3 is 5.32 Å². The molecule has 0 aliphatic carbocycles. The number of anilines is 1. The summed E-state index contributed by atoms with van der Waals surface area (Å²) in [6.07, 6.45) is 3.55. The number of nitrogens with one attached hydrogen (secondary N) is 1. The van der Waals surface area contributed by atoms with Crippen molar-refractivity contribution in [3.63, 3.8) is 0 Å². The highest BCUT2D eigenvalue weighted by Crippen LogP contribution is 2.39. The summed E-state index contributed by atoms with van der Waals surface area (Å²) in [5.74, 6) is 0. The molecule has 4 rings (SSSR count). The predicted octanol–water partition coefficient (Wildman–Crippen LogP) is 3.47. The molecule has 0 fully saturated rings. The first-order valence-corrected chi connectivity index (χ1v) is 5.53. The zero-order valence-electron chi connectivity index (χ0n) is 9.01. The summed E-state index contributed by atoms with van der Waals surface area (Å²) in [6.45, 7) is 0. The molecule has 17 heavy (non-hydrogen) atoms. The topological polar surface area (TPSA) is 37.3 Å². The van der Waals surface area contributed by atoms with E-state index in [4.69, 9.17) is 0 Å². The zero-order valence-corrected chi connectivity index (χ0v) is 9.01. The summed E-state index contributed by atoms with van der Waals surface area (Å²) in [4.78, 5) is 8.86. The fourth-order valence-electron chi connectivity index (χ4n) is 2.39. The van der Waals surface area contributed by atoms with Crippen LogP contribution >= 0.6 is 0 Å². The minimum atomic E-state index is 0.992. The molecule has 0 bridgehead atoms. The maximum Gasteiger partial charge on any atom is 0.0931 e. The fraction of sp³-hybridized carbons (Fsp3) is 0. The zero-order chi connectivity index (χ0) is 11.2. The largest absolute Gasteiger partial charge is 0.346 e. The summed E-state index contributed by atoms with van der Waals surface area (Å²) in [6, 6.07) is 12.3. The van der Waals surface area contributed by atoms with Crippen molar-refractivity contribution in [1.82, 2.24) is 4.98 Å². The second-order valence-electron chi connectivity index (χ2n) is 4.10. The summed E-state index contributed by atoms with van der Waals surface area (Å²) >= 11 is 0. The summed E-state index contributed by atoms with van der Waals surface area (Å²) in [5.41, 5.74) is 3.12. The van der Waals surface area contributed by atoms with Gasteiger partial charge >= 0.3 is 0 Å². The number of aromatic nitrogens is 1. The fourth-order valence-corrected chi connectivity index (χ4v) is 2.39. The molecule has 0 saturated carbocycles. The Morgan fingerprint density at radius 3 is 3.06 bits per heavy atom. The number of hydrogen-bond donors (Lipinski definition) is 1. The van der Waals surface area contributed by atoms with E-state index in [-0.39, 0.29) is 0 Å². The number of fused-ring (bicyclic) bond motifs is 2. The van der Waals surface area contributed by atoms with E-state index < -0.39 is 0 Å². The van der Waals surface area contributed by atoms with Crippen LogP contribution in [0.1, 0.15) is 0 Å². The van der Waals surface area contributed by atoms with Crippen molar-refractivity contribution in [3.05, 3.63) is 42.6 Å². The smallest absolute Gasteiger partial charge is 0.0931 e. The van der Waals surface area contributed by atoms with Crippen LogP contribution in [0.3, 0.4) is 0 Å². The quantitative estimate of drug-likeness (QED) is 0.588. The Balaban J connectivity index is 2.34. The van der Waals surface area contributed by atoms with Gasteiger partial charge in [-0.25, -0.2) is 4.99 Å². The Kier molecular flexibility index (Phi) is 1.56. The number of rotatable bonds is 0. The normalized spacial score (nSPS) is 12.9. The average molecular weight is 219 g/mol. The number of benzene rings is 2. The first kappa shape index (κ1) is 8.70. The standard InChI is InChI=1S/C14H9N3/c1-3-9-7-12-10(4-2-6-15-12)14-13(9)11(5-1)16-8-17-14/h1-8H,(H,16,17). The molecule has 3 heteroatoms. The predicted molar refractivity (Wildman–Crippen MR) is 71.0 cm³/mol. The lowest BCUT2D eigenvalue weighted by Gasteiger charge is -2.14. The van der Waals surface area contributed by atoms with Crippen molar-refractivity contribution >= 4 is 39.4 Å². The molecule has 0 amide bonds. The van der Waals surface area contributed by atoms with E-state index in [1.165, 1.54) is 10.8 Å². The van der Waals surface area contributed by atoms with Crippen LogP contribution in [-0.2, 0) is 0 Å². The highest BCUT2D eigenvalue weighted by Gasteiger charge is 2.12. The van der Waals surface area contributed by atoms with Crippen molar-refractivity contribution in [2.45, 2.75) is 0 Å². The monoisotopic (exact) mass is 219 g/mol. The second-order valence-corrected chi connectivity index (χ2v) is 4.10. The molecule has 0 saturated heterocycles. The third-order valence-corrected chi connectivity index (χ3v) is 3.13. The Labute approximate surface area is 97.8 Å². The van der Waals surface area contributed by atoms with E-state index in [1.54, 1.807) is 6.34 Å². The SMILES string of the molecule is C1=Nc2c3cccnc3cc3cccc(c23)N1. The van der Waals surface area contributed by atoms with Crippen LogP contribution in [0.25, 0.3) is 21.7 Å². The molecule has 3 nitrogen and oxygen atoms in total. The van der Waals surface area contributed by atoms with Gasteiger partial charge in [-0.15, -0.1) is 0 Å². The lowest BCUT2D eigenvalue weighted by Crippen LogP contribution is -2.00. The molecular weight excluding hydrogens is 210 g/mol. The third-order valence-electron chi connectivity index (χ3n) is 3.13. The molecule has 80 valence electrons. The maximum absolute atomic E-state index is 4.46. The summed E-state index contributed by atoms with van der Waals surface area (Å²) < 4.78 is 0. The van der Waals surface area contributed by atoms with Crippen LogP contribution in [0.2, 0.25) is 0 Å². The van der Waals surface area contributed by atoms with Crippen molar-refractivity contribution in [2.24, 2.45) is 4.99 Å². The van der Waals surface area contributed by atoms with Gasteiger partial charge in [0.15, 0.2) is 0 Å². The van der Waals surface area contributed by atoms with Crippen molar-refractivity contribution < 1.29 is 0 Å². The van der Waals surface area contributed by atoms with Gasteiger partial charge in [0, 0.05) is 22.7 Å². The van der Waals surface area contributed by atoms with E-state index in [9.17, 15) is 0 Å². The van der Waals surface area contributed by atoms with E-state index in [1.807, 2.05) is 18.3 Å². The van der Waals surface area contributed by atoms with Gasteiger partial charge in [0.1, 0.15) is 0 Å². The molecule has 3 aromatic rings. The molecular formula is C14H9N3. The molecule has 2 aromatic carbocycles. The van der Waals surface area contributed by atoms with Gasteiger partial charge in [0.05, 0.1) is 17.5 Å². The van der Waals surface area contributed by atoms with Gasteiger partial charge in [-0.05, 0) is 29.7 Å². The van der Waals surface area contributed by atoms with Crippen molar-refractivity contribution in [3.8, 4) is 0 Å². The lowest BCUT2D eigenvalue weighted by atomic mass is 10.0. The highest BCUT2D eigenvalue weighted by atomic mass is 15.0. The first-order valence-electron chi connectivity index (χ1n) is 5.53. The van der Waals surface area contributed by atoms with E-state index in [2.05, 4.69) is 39.6 Å². The van der Waals surface area contributed by atoms with Crippen LogP contribution in [0.5, 0.6) is 0 Å². The molecule has 1 N–H and O–H groups in total. The number of pyridine rings is 1. The first-order chi connectivity index (χ1) is 8.43. The van der Waals surface area contributed by atoms with Crippen molar-refractivity contribution in [1.29, 1.82) is 0 Å². The molecule has 1 aliphatic heterocycles. The summed E-state index contributed by atoms with van der Waals surface area (Å²) in [5, 5.41) is 6.63.